The molecule has 1 atom stereocenters. The van der Waals surface area contributed by atoms with Crippen LogP contribution in [0.3, 0.4) is 0 Å². The number of hydrogen-bond acceptors (Lipinski definition) is 3. The van der Waals surface area contributed by atoms with Crippen LogP contribution in [0.25, 0.3) is 0 Å². The van der Waals surface area contributed by atoms with Crippen LogP contribution in [0.15, 0.2) is 53.4 Å². The number of carbonyl (C=O) groups is 1. The Morgan fingerprint density at radius 3 is 2.35 bits per heavy atom. The molecular formula is C15H14ClNO2S. The van der Waals surface area contributed by atoms with Crippen molar-refractivity contribution in [3.63, 3.8) is 0 Å². The predicted molar refractivity (Wildman–Crippen MR) is 83.5 cm³/mol. The van der Waals surface area contributed by atoms with Crippen molar-refractivity contribution in [2.75, 3.05) is 5.32 Å². The molecular weight excluding hydrogens is 294 g/mol. The van der Waals surface area contributed by atoms with E-state index < -0.39 is 0 Å². The summed E-state index contributed by atoms with van der Waals surface area (Å²) in [4.78, 5) is 13.0. The first-order valence-electron chi connectivity index (χ1n) is 6.07. The first-order chi connectivity index (χ1) is 9.54. The maximum absolute atomic E-state index is 12.1. The average molecular weight is 308 g/mol. The van der Waals surface area contributed by atoms with E-state index in [1.165, 1.54) is 11.8 Å². The number of phenolic OH excluding ortho intramolecular Hbond substituents is 1. The fourth-order valence-electron chi connectivity index (χ4n) is 1.56. The van der Waals surface area contributed by atoms with Gasteiger partial charge in [0.15, 0.2) is 0 Å². The monoisotopic (exact) mass is 307 g/mol. The highest BCUT2D eigenvalue weighted by Gasteiger charge is 2.14. The van der Waals surface area contributed by atoms with E-state index in [1.54, 1.807) is 48.5 Å². The zero-order valence-corrected chi connectivity index (χ0v) is 12.4. The average Bonchev–Trinajstić information content (AvgIpc) is 2.44. The molecule has 0 saturated heterocycles. The molecule has 2 aromatic rings. The highest BCUT2D eigenvalue weighted by Crippen LogP contribution is 2.26. The van der Waals surface area contributed by atoms with Gasteiger partial charge in [0.2, 0.25) is 5.91 Å². The van der Waals surface area contributed by atoms with Gasteiger partial charge in [-0.1, -0.05) is 11.6 Å². The quantitative estimate of drug-likeness (QED) is 0.834. The number of phenols is 1. The summed E-state index contributed by atoms with van der Waals surface area (Å²) in [6.07, 6.45) is 0. The third-order valence-electron chi connectivity index (χ3n) is 2.63. The van der Waals surface area contributed by atoms with Crippen LogP contribution in [0.5, 0.6) is 5.75 Å². The maximum atomic E-state index is 12.1. The molecule has 1 amide bonds. The van der Waals surface area contributed by atoms with Gasteiger partial charge in [0, 0.05) is 15.6 Å². The molecule has 0 heterocycles. The molecule has 0 aliphatic rings. The second-order valence-electron chi connectivity index (χ2n) is 4.25. The molecule has 0 aliphatic carbocycles. The van der Waals surface area contributed by atoms with Crippen LogP contribution < -0.4 is 5.32 Å². The van der Waals surface area contributed by atoms with Gasteiger partial charge in [0.25, 0.3) is 0 Å². The van der Waals surface area contributed by atoms with Gasteiger partial charge in [-0.2, -0.15) is 0 Å². The summed E-state index contributed by atoms with van der Waals surface area (Å²) in [5, 5.41) is 12.4. The first kappa shape index (κ1) is 14.8. The lowest BCUT2D eigenvalue weighted by molar-refractivity contribution is -0.115. The predicted octanol–water partition coefficient (Wildman–Crippen LogP) is 4.16. The number of benzene rings is 2. The Hall–Kier alpha value is -1.65. The summed E-state index contributed by atoms with van der Waals surface area (Å²) in [6, 6.07) is 13.8. The van der Waals surface area contributed by atoms with Gasteiger partial charge in [-0.3, -0.25) is 4.79 Å². The van der Waals surface area contributed by atoms with Crippen molar-refractivity contribution in [2.24, 2.45) is 0 Å². The molecule has 0 radical (unpaired) electrons. The molecule has 20 heavy (non-hydrogen) atoms. The second-order valence-corrected chi connectivity index (χ2v) is 6.10. The third kappa shape index (κ3) is 4.18. The van der Waals surface area contributed by atoms with E-state index in [9.17, 15) is 9.90 Å². The minimum Gasteiger partial charge on any atom is -0.508 e. The SMILES string of the molecule is CC(Sc1ccc(O)cc1)C(=O)Nc1ccc(Cl)cc1. The van der Waals surface area contributed by atoms with Crippen molar-refractivity contribution in [2.45, 2.75) is 17.1 Å². The molecule has 5 heteroatoms. The topological polar surface area (TPSA) is 49.3 Å². The van der Waals surface area contributed by atoms with Crippen LogP contribution in [0, 0.1) is 0 Å². The summed E-state index contributed by atoms with van der Waals surface area (Å²) >= 11 is 7.23. The summed E-state index contributed by atoms with van der Waals surface area (Å²) in [5.41, 5.74) is 0.720. The number of rotatable bonds is 4. The molecule has 0 spiro atoms. The molecule has 0 aliphatic heterocycles. The van der Waals surface area contributed by atoms with Gasteiger partial charge in [-0.15, -0.1) is 11.8 Å². The molecule has 3 nitrogen and oxygen atoms in total. The van der Waals surface area contributed by atoms with Crippen molar-refractivity contribution in [3.8, 4) is 5.75 Å². The van der Waals surface area contributed by atoms with Crippen LogP contribution >= 0.6 is 23.4 Å². The molecule has 104 valence electrons. The van der Waals surface area contributed by atoms with E-state index in [2.05, 4.69) is 5.32 Å². The summed E-state index contributed by atoms with van der Waals surface area (Å²) in [6.45, 7) is 1.84. The highest BCUT2D eigenvalue weighted by molar-refractivity contribution is 8.00. The Morgan fingerprint density at radius 1 is 1.15 bits per heavy atom. The van der Waals surface area contributed by atoms with Crippen LogP contribution in [-0.2, 0) is 4.79 Å². The zero-order chi connectivity index (χ0) is 14.5. The molecule has 2 aromatic carbocycles. The molecule has 0 bridgehead atoms. The van der Waals surface area contributed by atoms with Crippen LogP contribution in [-0.4, -0.2) is 16.3 Å². The lowest BCUT2D eigenvalue weighted by Crippen LogP contribution is -2.22. The van der Waals surface area contributed by atoms with Crippen molar-refractivity contribution >= 4 is 35.0 Å². The molecule has 0 fully saturated rings. The van der Waals surface area contributed by atoms with E-state index in [0.717, 1.165) is 10.6 Å². The number of carbonyl (C=O) groups excluding carboxylic acids is 1. The van der Waals surface area contributed by atoms with Gasteiger partial charge < -0.3 is 10.4 Å². The van der Waals surface area contributed by atoms with Crippen molar-refractivity contribution < 1.29 is 9.90 Å². The Labute approximate surface area is 127 Å². The standard InChI is InChI=1S/C15H14ClNO2S/c1-10(20-14-8-6-13(18)7-9-14)15(19)17-12-4-2-11(16)3-5-12/h2-10,18H,1H3,(H,17,19). The fraction of sp³-hybridized carbons (Fsp3) is 0.133. The molecule has 0 aromatic heterocycles. The van der Waals surface area contributed by atoms with Crippen molar-refractivity contribution in [3.05, 3.63) is 53.6 Å². The largest absolute Gasteiger partial charge is 0.508 e. The van der Waals surface area contributed by atoms with Gasteiger partial charge in [-0.25, -0.2) is 0 Å². The van der Waals surface area contributed by atoms with E-state index in [1.807, 2.05) is 6.92 Å². The van der Waals surface area contributed by atoms with Gasteiger partial charge in [0.1, 0.15) is 5.75 Å². The Bertz CT molecular complexity index is 584. The normalized spacial score (nSPS) is 11.9. The van der Waals surface area contributed by atoms with Crippen LogP contribution in [0.1, 0.15) is 6.92 Å². The smallest absolute Gasteiger partial charge is 0.237 e. The number of nitrogens with one attached hydrogen (secondary N) is 1. The third-order valence-corrected chi connectivity index (χ3v) is 3.99. The lowest BCUT2D eigenvalue weighted by atomic mass is 10.3. The number of amides is 1. The van der Waals surface area contributed by atoms with E-state index >= 15 is 0 Å². The van der Waals surface area contributed by atoms with E-state index in [4.69, 9.17) is 11.6 Å². The van der Waals surface area contributed by atoms with E-state index in [-0.39, 0.29) is 16.9 Å². The van der Waals surface area contributed by atoms with Crippen molar-refractivity contribution in [1.29, 1.82) is 0 Å². The summed E-state index contributed by atoms with van der Waals surface area (Å²) in [5.74, 6) is 0.137. The lowest BCUT2D eigenvalue weighted by Gasteiger charge is -2.12. The Balaban J connectivity index is 1.94. The molecule has 2 N–H and O–H groups in total. The van der Waals surface area contributed by atoms with Crippen LogP contribution in [0.4, 0.5) is 5.69 Å². The number of anilines is 1. The van der Waals surface area contributed by atoms with Crippen molar-refractivity contribution in [1.82, 2.24) is 0 Å². The summed E-state index contributed by atoms with van der Waals surface area (Å²) in [7, 11) is 0. The molecule has 2 rings (SSSR count). The Morgan fingerprint density at radius 2 is 1.75 bits per heavy atom. The maximum Gasteiger partial charge on any atom is 0.237 e. The number of thioether (sulfide) groups is 1. The fourth-order valence-corrected chi connectivity index (χ4v) is 2.55. The minimum absolute atomic E-state index is 0.0783. The zero-order valence-electron chi connectivity index (χ0n) is 10.8. The Kier molecular flexibility index (Phi) is 4.93. The summed E-state index contributed by atoms with van der Waals surface area (Å²) < 4.78 is 0. The van der Waals surface area contributed by atoms with Gasteiger partial charge in [0.05, 0.1) is 5.25 Å². The van der Waals surface area contributed by atoms with E-state index in [0.29, 0.717) is 5.02 Å². The van der Waals surface area contributed by atoms with Crippen LogP contribution in [0.2, 0.25) is 5.02 Å². The number of hydrogen-bond donors (Lipinski definition) is 2. The number of halogens is 1. The second kappa shape index (κ2) is 6.68. The van der Waals surface area contributed by atoms with Gasteiger partial charge >= 0.3 is 0 Å². The molecule has 1 unspecified atom stereocenters. The highest BCUT2D eigenvalue weighted by atomic mass is 35.5. The minimum atomic E-state index is -0.241. The van der Waals surface area contributed by atoms with Gasteiger partial charge in [-0.05, 0) is 55.5 Å². The first-order valence-corrected chi connectivity index (χ1v) is 7.32. The molecule has 0 saturated carbocycles. The number of aromatic hydroxyl groups is 1.